The number of methoxy groups -OCH3 is 2. The predicted molar refractivity (Wildman–Crippen MR) is 82.2 cm³/mol. The third kappa shape index (κ3) is 3.46. The number of hydrogen-bond donors (Lipinski definition) is 4. The Labute approximate surface area is 139 Å². The van der Waals surface area contributed by atoms with Gasteiger partial charge in [-0.3, -0.25) is 4.79 Å². The van der Waals surface area contributed by atoms with Crippen molar-refractivity contribution < 1.29 is 39.4 Å². The number of benzene rings is 1. The molecule has 4 N–H and O–H groups in total. The van der Waals surface area contributed by atoms with Gasteiger partial charge < -0.3 is 34.6 Å². The average Bonchev–Trinajstić information content (AvgIpc) is 2.54. The minimum atomic E-state index is -1.41. The van der Waals surface area contributed by atoms with Crippen LogP contribution >= 0.6 is 0 Å². The van der Waals surface area contributed by atoms with Gasteiger partial charge >= 0.3 is 5.97 Å². The van der Waals surface area contributed by atoms with Gasteiger partial charge in [0.05, 0.1) is 26.7 Å². The lowest BCUT2D eigenvalue weighted by Crippen LogP contribution is -2.53. The molecule has 1 aliphatic heterocycles. The molecule has 2 rings (SSSR count). The second kappa shape index (κ2) is 7.35. The predicted octanol–water partition coefficient (Wildman–Crippen LogP) is -0.127. The van der Waals surface area contributed by atoms with Gasteiger partial charge in [0.15, 0.2) is 11.5 Å². The summed E-state index contributed by atoms with van der Waals surface area (Å²) in [6.45, 7) is 1.57. The minimum Gasteiger partial charge on any atom is -0.493 e. The van der Waals surface area contributed by atoms with E-state index in [4.69, 9.17) is 19.3 Å². The highest BCUT2D eigenvalue weighted by Gasteiger charge is 2.43. The number of carbonyl (C=O) groups is 1. The van der Waals surface area contributed by atoms with Crippen LogP contribution in [0.2, 0.25) is 0 Å². The standard InChI is InChI=1S/C16H22O8/c1-7-12(19)13(20)14(21)16(24-7)9-4-8(6-11(17)18)5-10(22-2)15(9)23-3/h4-5,7,12-14,16,19-21H,6H2,1-3H3,(H,17,18)/t7-,12+,13+,14-,16+/m0/s1. The van der Waals surface area contributed by atoms with Crippen molar-refractivity contribution in [1.29, 1.82) is 0 Å². The molecule has 0 amide bonds. The van der Waals surface area contributed by atoms with E-state index in [1.807, 2.05) is 0 Å². The molecule has 1 aromatic rings. The van der Waals surface area contributed by atoms with E-state index in [0.717, 1.165) is 0 Å². The highest BCUT2D eigenvalue weighted by Crippen LogP contribution is 2.42. The summed E-state index contributed by atoms with van der Waals surface area (Å²) in [5.74, 6) is -0.469. The average molecular weight is 342 g/mol. The third-order valence-electron chi connectivity index (χ3n) is 4.08. The molecule has 1 aromatic carbocycles. The van der Waals surface area contributed by atoms with E-state index >= 15 is 0 Å². The number of ether oxygens (including phenoxy) is 3. The molecule has 134 valence electrons. The number of carboxylic acid groups (broad SMARTS) is 1. The lowest BCUT2D eigenvalue weighted by molar-refractivity contribution is -0.219. The molecule has 0 saturated carbocycles. The highest BCUT2D eigenvalue weighted by atomic mass is 16.5. The zero-order valence-corrected chi connectivity index (χ0v) is 13.7. The summed E-state index contributed by atoms with van der Waals surface area (Å²) < 4.78 is 16.2. The lowest BCUT2D eigenvalue weighted by Gasteiger charge is -2.40. The molecule has 0 aromatic heterocycles. The fourth-order valence-corrected chi connectivity index (χ4v) is 2.85. The molecule has 0 unspecified atom stereocenters. The van der Waals surface area contributed by atoms with Crippen LogP contribution in [0.25, 0.3) is 0 Å². The fourth-order valence-electron chi connectivity index (χ4n) is 2.85. The van der Waals surface area contributed by atoms with Gasteiger partial charge in [-0.2, -0.15) is 0 Å². The number of carboxylic acids is 1. The first-order valence-electron chi connectivity index (χ1n) is 7.46. The molecule has 0 aliphatic carbocycles. The smallest absolute Gasteiger partial charge is 0.307 e. The number of aliphatic hydroxyl groups excluding tert-OH is 3. The van der Waals surface area contributed by atoms with Crippen molar-refractivity contribution in [3.63, 3.8) is 0 Å². The van der Waals surface area contributed by atoms with Gasteiger partial charge in [-0.25, -0.2) is 0 Å². The molecule has 1 aliphatic rings. The Morgan fingerprint density at radius 3 is 2.33 bits per heavy atom. The second-order valence-electron chi connectivity index (χ2n) is 5.72. The molecular formula is C16H22O8. The van der Waals surface area contributed by atoms with E-state index in [1.165, 1.54) is 26.4 Å². The molecule has 1 heterocycles. The van der Waals surface area contributed by atoms with Crippen molar-refractivity contribution in [1.82, 2.24) is 0 Å². The summed E-state index contributed by atoms with van der Waals surface area (Å²) in [6.07, 6.45) is -6.03. The van der Waals surface area contributed by atoms with E-state index in [-0.39, 0.29) is 17.9 Å². The van der Waals surface area contributed by atoms with Gasteiger partial charge in [-0.1, -0.05) is 0 Å². The Kier molecular flexibility index (Phi) is 5.66. The molecular weight excluding hydrogens is 320 g/mol. The molecule has 1 saturated heterocycles. The van der Waals surface area contributed by atoms with Crippen LogP contribution < -0.4 is 9.47 Å². The first-order chi connectivity index (χ1) is 11.3. The molecule has 1 fully saturated rings. The fraction of sp³-hybridized carbons (Fsp3) is 0.562. The second-order valence-corrected chi connectivity index (χ2v) is 5.72. The van der Waals surface area contributed by atoms with Gasteiger partial charge in [-0.15, -0.1) is 0 Å². The topological polar surface area (TPSA) is 126 Å². The van der Waals surface area contributed by atoms with Crippen molar-refractivity contribution in [3.05, 3.63) is 23.3 Å². The maximum Gasteiger partial charge on any atom is 0.307 e. The van der Waals surface area contributed by atoms with Gasteiger partial charge in [0.1, 0.15) is 24.4 Å². The SMILES string of the molecule is COc1cc(CC(=O)O)cc([C@H]2O[C@@H](C)[C@@H](O)[C@@H](O)[C@@H]2O)c1OC. The number of aliphatic carboxylic acids is 1. The summed E-state index contributed by atoms with van der Waals surface area (Å²) in [5.41, 5.74) is 0.776. The molecule has 0 radical (unpaired) electrons. The number of rotatable bonds is 5. The first kappa shape index (κ1) is 18.5. The number of hydrogen-bond acceptors (Lipinski definition) is 7. The molecule has 0 bridgehead atoms. The van der Waals surface area contributed by atoms with E-state index in [2.05, 4.69) is 0 Å². The van der Waals surface area contributed by atoms with Crippen LogP contribution in [0.1, 0.15) is 24.2 Å². The molecule has 8 nitrogen and oxygen atoms in total. The Balaban J connectivity index is 2.52. The normalized spacial score (nSPS) is 30.0. The first-order valence-corrected chi connectivity index (χ1v) is 7.46. The summed E-state index contributed by atoms with van der Waals surface area (Å²) in [4.78, 5) is 11.0. The molecule has 5 atom stereocenters. The number of aliphatic hydroxyl groups is 3. The maximum atomic E-state index is 11.0. The van der Waals surface area contributed by atoms with Crippen LogP contribution in [0.3, 0.4) is 0 Å². The van der Waals surface area contributed by atoms with Crippen molar-refractivity contribution in [2.75, 3.05) is 14.2 Å². The van der Waals surface area contributed by atoms with E-state index in [9.17, 15) is 20.1 Å². The van der Waals surface area contributed by atoms with Crippen LogP contribution in [0.15, 0.2) is 12.1 Å². The third-order valence-corrected chi connectivity index (χ3v) is 4.08. The largest absolute Gasteiger partial charge is 0.493 e. The Morgan fingerprint density at radius 1 is 1.12 bits per heavy atom. The summed E-state index contributed by atoms with van der Waals surface area (Å²) in [7, 11) is 2.81. The van der Waals surface area contributed by atoms with E-state index < -0.39 is 36.5 Å². The van der Waals surface area contributed by atoms with E-state index in [0.29, 0.717) is 11.1 Å². The molecule has 0 spiro atoms. The van der Waals surface area contributed by atoms with Crippen LogP contribution in [-0.4, -0.2) is 65.0 Å². The van der Waals surface area contributed by atoms with Gasteiger partial charge in [0.2, 0.25) is 0 Å². The van der Waals surface area contributed by atoms with E-state index in [1.54, 1.807) is 6.92 Å². The van der Waals surface area contributed by atoms with Crippen molar-refractivity contribution >= 4 is 5.97 Å². The molecule has 8 heteroatoms. The quantitative estimate of drug-likeness (QED) is 0.583. The van der Waals surface area contributed by atoms with Crippen LogP contribution in [-0.2, 0) is 16.0 Å². The van der Waals surface area contributed by atoms with Crippen molar-refractivity contribution in [2.45, 2.75) is 43.9 Å². The van der Waals surface area contributed by atoms with Gasteiger partial charge in [0.25, 0.3) is 0 Å². The zero-order valence-electron chi connectivity index (χ0n) is 13.7. The Bertz CT molecular complexity index is 602. The lowest BCUT2D eigenvalue weighted by atomic mass is 9.90. The highest BCUT2D eigenvalue weighted by molar-refractivity contribution is 5.71. The summed E-state index contributed by atoms with van der Waals surface area (Å²) in [6, 6.07) is 3.06. The van der Waals surface area contributed by atoms with Gasteiger partial charge in [-0.05, 0) is 24.6 Å². The van der Waals surface area contributed by atoms with Crippen LogP contribution in [0.5, 0.6) is 11.5 Å². The van der Waals surface area contributed by atoms with Gasteiger partial charge in [0, 0.05) is 5.56 Å². The van der Waals surface area contributed by atoms with Crippen LogP contribution in [0.4, 0.5) is 0 Å². The monoisotopic (exact) mass is 342 g/mol. The van der Waals surface area contributed by atoms with Crippen molar-refractivity contribution in [3.8, 4) is 11.5 Å². The zero-order chi connectivity index (χ0) is 18.0. The Morgan fingerprint density at radius 2 is 1.79 bits per heavy atom. The minimum absolute atomic E-state index is 0.253. The summed E-state index contributed by atoms with van der Waals surface area (Å²) in [5, 5.41) is 39.1. The maximum absolute atomic E-state index is 11.0. The van der Waals surface area contributed by atoms with Crippen molar-refractivity contribution in [2.24, 2.45) is 0 Å². The summed E-state index contributed by atoms with van der Waals surface area (Å²) >= 11 is 0. The van der Waals surface area contributed by atoms with Crippen LogP contribution in [0, 0.1) is 0 Å². The molecule has 24 heavy (non-hydrogen) atoms. The Hall–Kier alpha value is -1.87.